The Morgan fingerprint density at radius 2 is 1.54 bits per heavy atom. The fourth-order valence-corrected chi connectivity index (χ4v) is 3.26. The molecular formula is C22H21FN4O. The van der Waals surface area contributed by atoms with Gasteiger partial charge in [-0.1, -0.05) is 18.2 Å². The maximum atomic E-state index is 13.0. The number of benzene rings is 2. The van der Waals surface area contributed by atoms with Gasteiger partial charge in [-0.25, -0.2) is 9.37 Å². The van der Waals surface area contributed by atoms with Crippen LogP contribution < -0.4 is 10.2 Å². The monoisotopic (exact) mass is 376 g/mol. The molecule has 0 bridgehead atoms. The minimum Gasteiger partial charge on any atom is -0.368 e. The molecule has 1 aliphatic heterocycles. The van der Waals surface area contributed by atoms with E-state index in [1.165, 1.54) is 17.8 Å². The molecule has 5 nitrogen and oxygen atoms in total. The minimum atomic E-state index is -0.281. The molecular weight excluding hydrogens is 355 g/mol. The maximum absolute atomic E-state index is 13.0. The molecule has 3 aromatic rings. The molecule has 1 saturated heterocycles. The number of hydrogen-bond acceptors (Lipinski definition) is 4. The smallest absolute Gasteiger partial charge is 0.272 e. The first kappa shape index (κ1) is 18.0. The van der Waals surface area contributed by atoms with Gasteiger partial charge in [0.2, 0.25) is 0 Å². The first-order valence-corrected chi connectivity index (χ1v) is 9.27. The van der Waals surface area contributed by atoms with Crippen LogP contribution in [0.1, 0.15) is 10.5 Å². The molecule has 1 aliphatic rings. The van der Waals surface area contributed by atoms with Crippen LogP contribution >= 0.6 is 0 Å². The highest BCUT2D eigenvalue weighted by Gasteiger charge is 2.23. The van der Waals surface area contributed by atoms with Gasteiger partial charge in [-0.3, -0.25) is 4.79 Å². The molecule has 0 radical (unpaired) electrons. The largest absolute Gasteiger partial charge is 0.368 e. The highest BCUT2D eigenvalue weighted by molar-refractivity contribution is 5.92. The van der Waals surface area contributed by atoms with Crippen LogP contribution in [0, 0.1) is 5.82 Å². The molecule has 2 heterocycles. The van der Waals surface area contributed by atoms with Gasteiger partial charge in [0, 0.05) is 37.6 Å². The fraction of sp³-hybridized carbons (Fsp3) is 0.182. The average Bonchev–Trinajstić information content (AvgIpc) is 2.76. The van der Waals surface area contributed by atoms with E-state index >= 15 is 0 Å². The quantitative estimate of drug-likeness (QED) is 0.750. The molecule has 2 aromatic carbocycles. The molecule has 1 aromatic heterocycles. The van der Waals surface area contributed by atoms with Crippen molar-refractivity contribution < 1.29 is 9.18 Å². The van der Waals surface area contributed by atoms with Gasteiger partial charge in [0.25, 0.3) is 5.91 Å². The van der Waals surface area contributed by atoms with Gasteiger partial charge in [0.15, 0.2) is 0 Å². The van der Waals surface area contributed by atoms with E-state index in [1.54, 1.807) is 24.4 Å². The van der Waals surface area contributed by atoms with Gasteiger partial charge in [0.1, 0.15) is 11.5 Å². The number of anilines is 3. The number of amides is 1. The van der Waals surface area contributed by atoms with Crippen LogP contribution in [0.3, 0.4) is 0 Å². The van der Waals surface area contributed by atoms with Crippen LogP contribution in [0.4, 0.5) is 21.5 Å². The summed E-state index contributed by atoms with van der Waals surface area (Å²) in [5.74, 6) is -0.335. The van der Waals surface area contributed by atoms with Gasteiger partial charge >= 0.3 is 0 Å². The Bertz CT molecular complexity index is 921. The van der Waals surface area contributed by atoms with Crippen molar-refractivity contribution in [2.24, 2.45) is 0 Å². The number of hydrogen-bond donors (Lipinski definition) is 1. The van der Waals surface area contributed by atoms with Gasteiger partial charge in [-0.05, 0) is 48.5 Å². The molecule has 142 valence electrons. The zero-order valence-electron chi connectivity index (χ0n) is 15.4. The summed E-state index contributed by atoms with van der Waals surface area (Å²) in [6.45, 7) is 2.95. The van der Waals surface area contributed by atoms with Crippen LogP contribution in [0.15, 0.2) is 72.9 Å². The van der Waals surface area contributed by atoms with E-state index < -0.39 is 0 Å². The van der Waals surface area contributed by atoms with Crippen LogP contribution in [-0.2, 0) is 0 Å². The standard InChI is InChI=1S/C22H21FN4O/c23-17-6-8-18(9-7-17)25-19-10-11-21(24-16-19)22(28)27-14-12-26(13-15-27)20-4-2-1-3-5-20/h1-11,16,25H,12-15H2. The van der Waals surface area contributed by atoms with Crippen LogP contribution in [0.5, 0.6) is 0 Å². The summed E-state index contributed by atoms with van der Waals surface area (Å²) in [4.78, 5) is 21.2. The fourth-order valence-electron chi connectivity index (χ4n) is 3.26. The number of carbonyl (C=O) groups excluding carboxylic acids is 1. The molecule has 6 heteroatoms. The van der Waals surface area contributed by atoms with E-state index in [4.69, 9.17) is 0 Å². The van der Waals surface area contributed by atoms with E-state index in [1.807, 2.05) is 29.2 Å². The van der Waals surface area contributed by atoms with E-state index in [0.29, 0.717) is 18.8 Å². The molecule has 0 atom stereocenters. The third kappa shape index (κ3) is 4.11. The number of pyridine rings is 1. The Morgan fingerprint density at radius 3 is 2.18 bits per heavy atom. The van der Waals surface area contributed by atoms with Gasteiger partial charge < -0.3 is 15.1 Å². The molecule has 0 aliphatic carbocycles. The molecule has 1 amide bonds. The summed E-state index contributed by atoms with van der Waals surface area (Å²) in [6.07, 6.45) is 1.62. The highest BCUT2D eigenvalue weighted by atomic mass is 19.1. The number of nitrogens with one attached hydrogen (secondary N) is 1. The molecule has 0 saturated carbocycles. The lowest BCUT2D eigenvalue weighted by Crippen LogP contribution is -2.49. The summed E-state index contributed by atoms with van der Waals surface area (Å²) >= 11 is 0. The Balaban J connectivity index is 1.35. The second-order valence-corrected chi connectivity index (χ2v) is 6.68. The Labute approximate surface area is 163 Å². The van der Waals surface area contributed by atoms with Gasteiger partial charge in [-0.15, -0.1) is 0 Å². The van der Waals surface area contributed by atoms with E-state index in [0.717, 1.165) is 24.5 Å². The topological polar surface area (TPSA) is 48.5 Å². The minimum absolute atomic E-state index is 0.0546. The molecule has 1 N–H and O–H groups in total. The second kappa shape index (κ2) is 8.08. The number of halogens is 1. The Kier molecular flexibility index (Phi) is 5.19. The second-order valence-electron chi connectivity index (χ2n) is 6.68. The van der Waals surface area contributed by atoms with Crippen LogP contribution in [0.25, 0.3) is 0 Å². The van der Waals surface area contributed by atoms with Crippen molar-refractivity contribution in [3.63, 3.8) is 0 Å². The third-order valence-corrected chi connectivity index (χ3v) is 4.80. The van der Waals surface area contributed by atoms with Crippen molar-refractivity contribution in [2.75, 3.05) is 36.4 Å². The zero-order chi connectivity index (χ0) is 19.3. The molecule has 28 heavy (non-hydrogen) atoms. The van der Waals surface area contributed by atoms with Crippen LogP contribution in [0.2, 0.25) is 0 Å². The number of para-hydroxylation sites is 1. The maximum Gasteiger partial charge on any atom is 0.272 e. The third-order valence-electron chi connectivity index (χ3n) is 4.80. The van der Waals surface area contributed by atoms with Gasteiger partial charge in [0.05, 0.1) is 11.9 Å². The van der Waals surface area contributed by atoms with Gasteiger partial charge in [-0.2, -0.15) is 0 Å². The van der Waals surface area contributed by atoms with Crippen molar-refractivity contribution >= 4 is 23.0 Å². The van der Waals surface area contributed by atoms with Crippen molar-refractivity contribution in [1.82, 2.24) is 9.88 Å². The highest BCUT2D eigenvalue weighted by Crippen LogP contribution is 2.18. The number of piperazine rings is 1. The average molecular weight is 376 g/mol. The van der Waals surface area contributed by atoms with E-state index in [2.05, 4.69) is 27.3 Å². The van der Waals surface area contributed by atoms with Crippen LogP contribution in [-0.4, -0.2) is 42.0 Å². The van der Waals surface area contributed by atoms with Crippen molar-refractivity contribution in [1.29, 1.82) is 0 Å². The molecule has 0 spiro atoms. The van der Waals surface area contributed by atoms with Crippen molar-refractivity contribution in [2.45, 2.75) is 0 Å². The zero-order valence-corrected chi connectivity index (χ0v) is 15.4. The Hall–Kier alpha value is -3.41. The molecule has 4 rings (SSSR count). The lowest BCUT2D eigenvalue weighted by Gasteiger charge is -2.36. The molecule has 0 unspecified atom stereocenters. The SMILES string of the molecule is O=C(c1ccc(Nc2ccc(F)cc2)cn1)N1CCN(c2ccccc2)CC1. The number of nitrogens with zero attached hydrogens (tertiary/aromatic N) is 3. The van der Waals surface area contributed by atoms with Crippen molar-refractivity contribution in [3.8, 4) is 0 Å². The van der Waals surface area contributed by atoms with Crippen molar-refractivity contribution in [3.05, 3.63) is 84.4 Å². The lowest BCUT2D eigenvalue weighted by molar-refractivity contribution is 0.0741. The first-order valence-electron chi connectivity index (χ1n) is 9.27. The number of rotatable bonds is 4. The first-order chi connectivity index (χ1) is 13.7. The summed E-state index contributed by atoms with van der Waals surface area (Å²) in [6, 6.07) is 19.9. The summed E-state index contributed by atoms with van der Waals surface area (Å²) < 4.78 is 13.0. The summed E-state index contributed by atoms with van der Waals surface area (Å²) in [7, 11) is 0. The van der Waals surface area contributed by atoms with E-state index in [-0.39, 0.29) is 11.7 Å². The normalized spacial score (nSPS) is 14.0. The predicted molar refractivity (Wildman–Crippen MR) is 108 cm³/mol. The lowest BCUT2D eigenvalue weighted by atomic mass is 10.2. The summed E-state index contributed by atoms with van der Waals surface area (Å²) in [5, 5.41) is 3.14. The Morgan fingerprint density at radius 1 is 0.857 bits per heavy atom. The summed E-state index contributed by atoms with van der Waals surface area (Å²) in [5.41, 5.74) is 3.12. The molecule has 1 fully saturated rings. The predicted octanol–water partition coefficient (Wildman–Crippen LogP) is 3.93. The number of aromatic nitrogens is 1. The number of carbonyl (C=O) groups is 1. The van der Waals surface area contributed by atoms with E-state index in [9.17, 15) is 9.18 Å².